The number of nitrogens with zero attached hydrogens (tertiary/aromatic N) is 2. The number of carbonyl (C=O) groups excluding carboxylic acids is 1. The van der Waals surface area contributed by atoms with Crippen molar-refractivity contribution in [2.75, 3.05) is 5.75 Å². The molecule has 0 aliphatic carbocycles. The molecule has 3 rings (SSSR count). The molecule has 1 aliphatic rings. The molecule has 2 heterocycles. The third-order valence-electron chi connectivity index (χ3n) is 3.74. The van der Waals surface area contributed by atoms with Gasteiger partial charge < -0.3 is 5.32 Å². The first-order valence-corrected chi connectivity index (χ1v) is 7.66. The fourth-order valence-corrected chi connectivity index (χ4v) is 3.57. The van der Waals surface area contributed by atoms with Crippen LogP contribution in [-0.2, 0) is 7.05 Å². The summed E-state index contributed by atoms with van der Waals surface area (Å²) in [7, 11) is 1.85. The molecule has 1 N–H and O–H groups in total. The Balaban J connectivity index is 1.82. The van der Waals surface area contributed by atoms with Crippen LogP contribution in [0.15, 0.2) is 35.4 Å². The van der Waals surface area contributed by atoms with E-state index in [1.54, 1.807) is 10.9 Å². The Bertz CT molecular complexity index is 650. The predicted octanol–water partition coefficient (Wildman–Crippen LogP) is 2.70. The number of hydrogen-bond donors (Lipinski definition) is 1. The number of rotatable bonds is 2. The third kappa shape index (κ3) is 2.33. The van der Waals surface area contributed by atoms with Crippen LogP contribution in [0.1, 0.15) is 34.1 Å². The van der Waals surface area contributed by atoms with E-state index < -0.39 is 0 Å². The minimum Gasteiger partial charge on any atom is -0.345 e. The molecule has 1 unspecified atom stereocenters. The molecular weight excluding hydrogens is 270 g/mol. The van der Waals surface area contributed by atoms with E-state index in [-0.39, 0.29) is 11.9 Å². The van der Waals surface area contributed by atoms with Gasteiger partial charge in [-0.25, -0.2) is 0 Å². The highest BCUT2D eigenvalue weighted by Gasteiger charge is 2.23. The zero-order valence-electron chi connectivity index (χ0n) is 11.6. The van der Waals surface area contributed by atoms with Gasteiger partial charge in [0.1, 0.15) is 0 Å². The van der Waals surface area contributed by atoms with E-state index in [2.05, 4.69) is 22.5 Å². The Labute approximate surface area is 122 Å². The first-order chi connectivity index (χ1) is 9.66. The van der Waals surface area contributed by atoms with Crippen molar-refractivity contribution < 1.29 is 4.79 Å². The highest BCUT2D eigenvalue weighted by atomic mass is 32.2. The van der Waals surface area contributed by atoms with Crippen LogP contribution in [0.4, 0.5) is 0 Å². The van der Waals surface area contributed by atoms with Gasteiger partial charge in [0.15, 0.2) is 0 Å². The Morgan fingerprint density at radius 2 is 2.25 bits per heavy atom. The SMILES string of the molecule is Cc1c(C(=O)NC2CCSc3ccccc32)cnn1C. The van der Waals surface area contributed by atoms with Gasteiger partial charge in [-0.1, -0.05) is 18.2 Å². The van der Waals surface area contributed by atoms with Crippen molar-refractivity contribution >= 4 is 17.7 Å². The van der Waals surface area contributed by atoms with Crippen molar-refractivity contribution in [2.45, 2.75) is 24.3 Å². The summed E-state index contributed by atoms with van der Waals surface area (Å²) in [6.45, 7) is 1.91. The van der Waals surface area contributed by atoms with Gasteiger partial charge in [-0.2, -0.15) is 5.10 Å². The highest BCUT2D eigenvalue weighted by Crippen LogP contribution is 2.35. The summed E-state index contributed by atoms with van der Waals surface area (Å²) >= 11 is 1.85. The van der Waals surface area contributed by atoms with E-state index in [9.17, 15) is 4.79 Å². The number of hydrogen-bond acceptors (Lipinski definition) is 3. The second-order valence-electron chi connectivity index (χ2n) is 4.97. The van der Waals surface area contributed by atoms with Crippen molar-refractivity contribution in [2.24, 2.45) is 7.05 Å². The maximum Gasteiger partial charge on any atom is 0.255 e. The van der Waals surface area contributed by atoms with E-state index in [4.69, 9.17) is 0 Å². The van der Waals surface area contributed by atoms with Gasteiger partial charge in [-0.15, -0.1) is 11.8 Å². The fourth-order valence-electron chi connectivity index (χ4n) is 2.45. The highest BCUT2D eigenvalue weighted by molar-refractivity contribution is 7.99. The Kier molecular flexibility index (Phi) is 3.53. The van der Waals surface area contributed by atoms with Crippen molar-refractivity contribution in [3.8, 4) is 0 Å². The zero-order valence-corrected chi connectivity index (χ0v) is 12.4. The van der Waals surface area contributed by atoms with Crippen molar-refractivity contribution in [1.29, 1.82) is 0 Å². The molecule has 1 aliphatic heterocycles. The van der Waals surface area contributed by atoms with Gasteiger partial charge in [0, 0.05) is 23.4 Å². The molecule has 0 saturated heterocycles. The largest absolute Gasteiger partial charge is 0.345 e. The molecule has 1 aromatic carbocycles. The lowest BCUT2D eigenvalue weighted by Crippen LogP contribution is -2.30. The minimum atomic E-state index is -0.0395. The van der Waals surface area contributed by atoms with Gasteiger partial charge >= 0.3 is 0 Å². The first-order valence-electron chi connectivity index (χ1n) is 6.68. The molecular formula is C15H17N3OS. The summed E-state index contributed by atoms with van der Waals surface area (Å²) in [5.41, 5.74) is 2.77. The van der Waals surface area contributed by atoms with E-state index >= 15 is 0 Å². The lowest BCUT2D eigenvalue weighted by Gasteiger charge is -2.25. The summed E-state index contributed by atoms with van der Waals surface area (Å²) in [6.07, 6.45) is 2.60. The molecule has 0 fully saturated rings. The number of thioether (sulfide) groups is 1. The van der Waals surface area contributed by atoms with Gasteiger partial charge in [0.25, 0.3) is 5.91 Å². The molecule has 1 amide bonds. The molecule has 1 aromatic heterocycles. The van der Waals surface area contributed by atoms with Crippen LogP contribution in [-0.4, -0.2) is 21.4 Å². The normalized spacial score (nSPS) is 17.6. The van der Waals surface area contributed by atoms with Crippen LogP contribution in [0.5, 0.6) is 0 Å². The van der Waals surface area contributed by atoms with E-state index in [1.165, 1.54) is 10.5 Å². The molecule has 104 valence electrons. The van der Waals surface area contributed by atoms with Gasteiger partial charge in [-0.3, -0.25) is 9.48 Å². The van der Waals surface area contributed by atoms with Crippen molar-refractivity contribution in [1.82, 2.24) is 15.1 Å². The number of amides is 1. The minimum absolute atomic E-state index is 0.0395. The average molecular weight is 287 g/mol. The van der Waals surface area contributed by atoms with E-state index in [1.807, 2.05) is 37.9 Å². The van der Waals surface area contributed by atoms with Gasteiger partial charge in [0.2, 0.25) is 0 Å². The Morgan fingerprint density at radius 1 is 1.45 bits per heavy atom. The van der Waals surface area contributed by atoms with Crippen LogP contribution in [0, 0.1) is 6.92 Å². The van der Waals surface area contributed by atoms with E-state index in [0.717, 1.165) is 17.9 Å². The summed E-state index contributed by atoms with van der Waals surface area (Å²) < 4.78 is 1.72. The molecule has 0 radical (unpaired) electrons. The molecule has 1 atom stereocenters. The number of aryl methyl sites for hydroxylation is 1. The topological polar surface area (TPSA) is 46.9 Å². The van der Waals surface area contributed by atoms with Gasteiger partial charge in [0.05, 0.1) is 17.8 Å². The third-order valence-corrected chi connectivity index (χ3v) is 4.87. The molecule has 2 aromatic rings. The van der Waals surface area contributed by atoms with Crippen LogP contribution in [0.3, 0.4) is 0 Å². The first kappa shape index (κ1) is 13.2. The summed E-state index contributed by atoms with van der Waals surface area (Å²) in [4.78, 5) is 13.7. The fraction of sp³-hybridized carbons (Fsp3) is 0.333. The summed E-state index contributed by atoms with van der Waals surface area (Å²) in [5, 5.41) is 7.27. The molecule has 0 spiro atoms. The number of fused-ring (bicyclic) bond motifs is 1. The summed E-state index contributed by atoms with van der Waals surface area (Å²) in [6, 6.07) is 8.39. The van der Waals surface area contributed by atoms with Gasteiger partial charge in [-0.05, 0) is 25.0 Å². The van der Waals surface area contributed by atoms with Crippen LogP contribution in [0.25, 0.3) is 0 Å². The Morgan fingerprint density at radius 3 is 3.00 bits per heavy atom. The Hall–Kier alpha value is -1.75. The average Bonchev–Trinajstić information content (AvgIpc) is 2.79. The lowest BCUT2D eigenvalue weighted by molar-refractivity contribution is 0.0934. The van der Waals surface area contributed by atoms with Crippen molar-refractivity contribution in [3.63, 3.8) is 0 Å². The number of aromatic nitrogens is 2. The quantitative estimate of drug-likeness (QED) is 0.924. The molecule has 0 saturated carbocycles. The van der Waals surface area contributed by atoms with E-state index in [0.29, 0.717) is 5.56 Å². The predicted molar refractivity (Wildman–Crippen MR) is 79.9 cm³/mol. The monoisotopic (exact) mass is 287 g/mol. The smallest absolute Gasteiger partial charge is 0.255 e. The molecule has 5 heteroatoms. The van der Waals surface area contributed by atoms with Crippen LogP contribution in [0.2, 0.25) is 0 Å². The second kappa shape index (κ2) is 5.32. The molecule has 20 heavy (non-hydrogen) atoms. The van der Waals surface area contributed by atoms with Crippen molar-refractivity contribution in [3.05, 3.63) is 47.3 Å². The van der Waals surface area contributed by atoms with Crippen LogP contribution < -0.4 is 5.32 Å². The number of nitrogens with one attached hydrogen (secondary N) is 1. The summed E-state index contributed by atoms with van der Waals surface area (Å²) in [5.74, 6) is 0.996. The van der Waals surface area contributed by atoms with Crippen LogP contribution >= 0.6 is 11.8 Å². The maximum absolute atomic E-state index is 12.4. The molecule has 0 bridgehead atoms. The second-order valence-corrected chi connectivity index (χ2v) is 6.11. The lowest BCUT2D eigenvalue weighted by atomic mass is 10.0. The number of benzene rings is 1. The maximum atomic E-state index is 12.4. The standard InChI is InChI=1S/C15H17N3OS/c1-10-12(9-16-18(10)2)15(19)17-13-7-8-20-14-6-4-3-5-11(13)14/h3-6,9,13H,7-8H2,1-2H3,(H,17,19). The zero-order chi connectivity index (χ0) is 14.1. The number of carbonyl (C=O) groups is 1. The molecule has 4 nitrogen and oxygen atoms in total.